The molecule has 0 spiro atoms. The van der Waals surface area contributed by atoms with Crippen molar-refractivity contribution in [1.82, 2.24) is 4.72 Å². The second-order valence-corrected chi connectivity index (χ2v) is 7.62. The van der Waals surface area contributed by atoms with Gasteiger partial charge < -0.3 is 9.47 Å². The van der Waals surface area contributed by atoms with Gasteiger partial charge in [-0.15, -0.1) is 0 Å². The van der Waals surface area contributed by atoms with Crippen molar-refractivity contribution in [2.45, 2.75) is 37.8 Å². The quantitative estimate of drug-likeness (QED) is 0.794. The van der Waals surface area contributed by atoms with Crippen molar-refractivity contribution in [2.75, 3.05) is 19.5 Å². The number of ether oxygens (including phenoxy) is 2. The van der Waals surface area contributed by atoms with Crippen LogP contribution in [0.4, 0.5) is 0 Å². The fourth-order valence-corrected chi connectivity index (χ4v) is 4.39. The predicted octanol–water partition coefficient (Wildman–Crippen LogP) is 1.56. The van der Waals surface area contributed by atoms with Crippen LogP contribution in [0, 0.1) is 0 Å². The Hall–Kier alpha value is -1.44. The van der Waals surface area contributed by atoms with Gasteiger partial charge in [-0.3, -0.25) is 0 Å². The molecule has 6 nitrogen and oxygen atoms in total. The zero-order valence-corrected chi connectivity index (χ0v) is 14.3. The first-order valence-corrected chi connectivity index (χ1v) is 9.30. The molecule has 128 valence electrons. The van der Waals surface area contributed by atoms with Crippen molar-refractivity contribution in [2.24, 2.45) is 0 Å². The molecule has 0 aliphatic carbocycles. The van der Waals surface area contributed by atoms with Crippen molar-refractivity contribution >= 4 is 16.0 Å². The summed E-state index contributed by atoms with van der Waals surface area (Å²) in [7, 11) is -2.48. The Balaban J connectivity index is 2.21. The molecule has 23 heavy (non-hydrogen) atoms. The molecule has 1 saturated heterocycles. The van der Waals surface area contributed by atoms with E-state index in [4.69, 9.17) is 9.47 Å². The summed E-state index contributed by atoms with van der Waals surface area (Å²) in [6, 6.07) is 8.67. The molecule has 0 aromatic heterocycles. The highest BCUT2D eigenvalue weighted by molar-refractivity contribution is 7.89. The van der Waals surface area contributed by atoms with Gasteiger partial charge in [-0.25, -0.2) is 13.2 Å². The highest BCUT2D eigenvalue weighted by atomic mass is 32.2. The van der Waals surface area contributed by atoms with E-state index in [2.05, 4.69) is 4.72 Å². The fourth-order valence-electron chi connectivity index (χ4n) is 2.73. The number of rotatable bonds is 6. The Morgan fingerprint density at radius 1 is 1.35 bits per heavy atom. The van der Waals surface area contributed by atoms with E-state index in [-0.39, 0.29) is 11.9 Å². The Labute approximate surface area is 137 Å². The summed E-state index contributed by atoms with van der Waals surface area (Å²) in [6.45, 7) is 2.08. The number of carbonyl (C=O) groups excluding carboxylic acids is 1. The van der Waals surface area contributed by atoms with E-state index < -0.39 is 21.5 Å². The summed E-state index contributed by atoms with van der Waals surface area (Å²) in [5, 5.41) is 0. The molecule has 1 aromatic carbocycles. The van der Waals surface area contributed by atoms with E-state index in [1.165, 1.54) is 14.0 Å². The summed E-state index contributed by atoms with van der Waals surface area (Å²) in [6.07, 6.45) is 2.28. The molecule has 0 unspecified atom stereocenters. The van der Waals surface area contributed by atoms with Crippen molar-refractivity contribution in [3.63, 3.8) is 0 Å². The van der Waals surface area contributed by atoms with Gasteiger partial charge in [0.1, 0.15) is 0 Å². The van der Waals surface area contributed by atoms with Gasteiger partial charge in [0.2, 0.25) is 10.0 Å². The summed E-state index contributed by atoms with van der Waals surface area (Å²) in [5.74, 6) is -0.816. The van der Waals surface area contributed by atoms with Crippen LogP contribution in [-0.4, -0.2) is 40.0 Å². The third-order valence-electron chi connectivity index (χ3n) is 3.98. The molecule has 1 N–H and O–H groups in total. The number of esters is 1. The normalized spacial score (nSPS) is 21.4. The lowest BCUT2D eigenvalue weighted by Gasteiger charge is -2.29. The molecule has 7 heteroatoms. The van der Waals surface area contributed by atoms with Crippen LogP contribution in [0.3, 0.4) is 0 Å². The number of methoxy groups -OCH3 is 1. The van der Waals surface area contributed by atoms with Gasteiger partial charge in [-0.05, 0) is 31.7 Å². The first kappa shape index (κ1) is 17.9. The maximum absolute atomic E-state index is 12.5. The second kappa shape index (κ2) is 7.42. The van der Waals surface area contributed by atoms with Crippen LogP contribution in [0.1, 0.15) is 31.7 Å². The molecule has 1 aliphatic rings. The molecule has 0 saturated carbocycles. The molecule has 0 bridgehead atoms. The highest BCUT2D eigenvalue weighted by Crippen LogP contribution is 2.24. The number of sulfonamides is 1. The van der Waals surface area contributed by atoms with E-state index in [0.29, 0.717) is 18.6 Å². The molecule has 1 aromatic rings. The number of carbonyl (C=O) groups is 1. The van der Waals surface area contributed by atoms with Gasteiger partial charge in [0.05, 0.1) is 19.0 Å². The zero-order valence-electron chi connectivity index (χ0n) is 13.4. The predicted molar refractivity (Wildman–Crippen MR) is 86.3 cm³/mol. The highest BCUT2D eigenvalue weighted by Gasteiger charge is 2.40. The van der Waals surface area contributed by atoms with Gasteiger partial charge in [-0.2, -0.15) is 4.72 Å². The maximum Gasteiger partial charge on any atom is 0.331 e. The van der Waals surface area contributed by atoms with Gasteiger partial charge in [0.15, 0.2) is 5.54 Å². The summed E-state index contributed by atoms with van der Waals surface area (Å²) in [5.41, 5.74) is -0.941. The van der Waals surface area contributed by atoms with E-state index in [1.54, 1.807) is 30.3 Å². The zero-order chi connectivity index (χ0) is 16.9. The number of benzene rings is 1. The lowest BCUT2D eigenvalue weighted by atomic mass is 9.93. The van der Waals surface area contributed by atoms with Crippen molar-refractivity contribution in [3.8, 4) is 0 Å². The van der Waals surface area contributed by atoms with Gasteiger partial charge in [0.25, 0.3) is 0 Å². The van der Waals surface area contributed by atoms with Crippen LogP contribution in [-0.2, 0) is 29.8 Å². The van der Waals surface area contributed by atoms with E-state index in [1.807, 2.05) is 0 Å². The Morgan fingerprint density at radius 2 is 2.04 bits per heavy atom. The average Bonchev–Trinajstić information content (AvgIpc) is 2.54. The van der Waals surface area contributed by atoms with E-state index >= 15 is 0 Å². The van der Waals surface area contributed by atoms with Crippen LogP contribution < -0.4 is 4.72 Å². The minimum absolute atomic E-state index is 0.160. The van der Waals surface area contributed by atoms with Gasteiger partial charge >= 0.3 is 5.97 Å². The molecule has 1 aliphatic heterocycles. The van der Waals surface area contributed by atoms with Crippen LogP contribution >= 0.6 is 0 Å². The lowest BCUT2D eigenvalue weighted by Crippen LogP contribution is -2.52. The van der Waals surface area contributed by atoms with Crippen LogP contribution in [0.5, 0.6) is 0 Å². The number of hydrogen-bond donors (Lipinski definition) is 1. The molecule has 0 radical (unpaired) electrons. The fraction of sp³-hybridized carbons (Fsp3) is 0.562. The molecule has 1 heterocycles. The maximum atomic E-state index is 12.5. The van der Waals surface area contributed by atoms with Crippen LogP contribution in [0.2, 0.25) is 0 Å². The standard InChI is InChI=1S/C16H23NO5S/c1-16(15(18)21-2,13-8-4-3-5-9-13)17-23(19,20)12-14-10-6-7-11-22-14/h3-5,8-9,14,17H,6-7,10-12H2,1-2H3/t14-,16-/m0/s1. The van der Waals surface area contributed by atoms with Crippen molar-refractivity contribution in [1.29, 1.82) is 0 Å². The third kappa shape index (κ3) is 4.53. The first-order valence-electron chi connectivity index (χ1n) is 7.64. The minimum Gasteiger partial charge on any atom is -0.467 e. The Morgan fingerprint density at radius 3 is 2.61 bits per heavy atom. The SMILES string of the molecule is COC(=O)[C@@](C)(NS(=O)(=O)C[C@@H]1CCCCO1)c1ccccc1. The van der Waals surface area contributed by atoms with Gasteiger partial charge in [-0.1, -0.05) is 30.3 Å². The van der Waals surface area contributed by atoms with Crippen molar-refractivity contribution in [3.05, 3.63) is 35.9 Å². The Kier molecular flexibility index (Phi) is 5.78. The molecule has 1 fully saturated rings. The van der Waals surface area contributed by atoms with Gasteiger partial charge in [0, 0.05) is 6.61 Å². The topological polar surface area (TPSA) is 81.7 Å². The Bertz CT molecular complexity index is 625. The monoisotopic (exact) mass is 341 g/mol. The minimum atomic E-state index is -3.72. The summed E-state index contributed by atoms with van der Waals surface area (Å²) in [4.78, 5) is 12.2. The van der Waals surface area contributed by atoms with E-state index in [9.17, 15) is 13.2 Å². The summed E-state index contributed by atoms with van der Waals surface area (Å²) >= 11 is 0. The number of nitrogens with one attached hydrogen (secondary N) is 1. The molecular formula is C16H23NO5S. The molecular weight excluding hydrogens is 318 g/mol. The number of hydrogen-bond acceptors (Lipinski definition) is 5. The van der Waals surface area contributed by atoms with E-state index in [0.717, 1.165) is 12.8 Å². The molecule has 0 amide bonds. The first-order chi connectivity index (χ1) is 10.9. The third-order valence-corrected chi connectivity index (χ3v) is 5.51. The lowest BCUT2D eigenvalue weighted by molar-refractivity contribution is -0.147. The molecule has 2 rings (SSSR count). The van der Waals surface area contributed by atoms with Crippen LogP contribution in [0.25, 0.3) is 0 Å². The largest absolute Gasteiger partial charge is 0.467 e. The summed E-state index contributed by atoms with van der Waals surface area (Å²) < 4.78 is 37.8. The van der Waals surface area contributed by atoms with Crippen molar-refractivity contribution < 1.29 is 22.7 Å². The smallest absolute Gasteiger partial charge is 0.331 e. The average molecular weight is 341 g/mol. The van der Waals surface area contributed by atoms with Crippen LogP contribution in [0.15, 0.2) is 30.3 Å². The second-order valence-electron chi connectivity index (χ2n) is 5.85. The molecule has 2 atom stereocenters.